The molecule has 8 nitrogen and oxygen atoms in total. The molecule has 25 heavy (non-hydrogen) atoms. The number of hydrogen-bond donors (Lipinski definition) is 2. The van der Waals surface area contributed by atoms with Crippen molar-refractivity contribution >= 4 is 34.8 Å². The summed E-state index contributed by atoms with van der Waals surface area (Å²) >= 11 is 1.44. The Hall–Kier alpha value is -2.55. The molecule has 3 heterocycles. The van der Waals surface area contributed by atoms with E-state index >= 15 is 0 Å². The molecule has 1 spiro atoms. The molecule has 1 fully saturated rings. The van der Waals surface area contributed by atoms with Crippen molar-refractivity contribution in [2.45, 2.75) is 12.0 Å². The lowest BCUT2D eigenvalue weighted by molar-refractivity contribution is -0.135. The van der Waals surface area contributed by atoms with Gasteiger partial charge in [-0.3, -0.25) is 19.5 Å². The highest BCUT2D eigenvalue weighted by Crippen LogP contribution is 2.40. The third kappa shape index (κ3) is 2.64. The molecule has 0 bridgehead atoms. The number of rotatable bonds is 2. The van der Waals surface area contributed by atoms with Crippen LogP contribution in [0, 0.1) is 0 Å². The largest absolute Gasteiger partial charge is 0.493 e. The SMILES string of the molecule is O=C(CN1C(=O)N[C@]2(CCOc3ccccc32)C1=O)NC1=NCCS1. The highest BCUT2D eigenvalue weighted by molar-refractivity contribution is 8.14. The van der Waals surface area contributed by atoms with Crippen LogP contribution in [0.25, 0.3) is 0 Å². The number of para-hydroxylation sites is 1. The summed E-state index contributed by atoms with van der Waals surface area (Å²) in [6.07, 6.45) is 0.329. The van der Waals surface area contributed by atoms with Gasteiger partial charge < -0.3 is 15.4 Å². The molecule has 130 valence electrons. The second-order valence-electron chi connectivity index (χ2n) is 5.90. The Morgan fingerprint density at radius 2 is 2.24 bits per heavy atom. The molecule has 3 aliphatic heterocycles. The number of hydrogen-bond acceptors (Lipinski definition) is 6. The number of ether oxygens (including phenoxy) is 1. The predicted octanol–water partition coefficient (Wildman–Crippen LogP) is 0.435. The van der Waals surface area contributed by atoms with Crippen molar-refractivity contribution in [2.75, 3.05) is 25.4 Å². The van der Waals surface area contributed by atoms with E-state index in [1.807, 2.05) is 6.07 Å². The highest BCUT2D eigenvalue weighted by atomic mass is 32.2. The third-order valence-corrected chi connectivity index (χ3v) is 5.28. The zero-order valence-corrected chi connectivity index (χ0v) is 14.1. The normalized spacial score (nSPS) is 24.6. The Bertz CT molecular complexity index is 796. The molecule has 1 atom stereocenters. The second kappa shape index (κ2) is 6.07. The van der Waals surface area contributed by atoms with Gasteiger partial charge in [0.2, 0.25) is 5.91 Å². The van der Waals surface area contributed by atoms with Crippen molar-refractivity contribution in [2.24, 2.45) is 4.99 Å². The van der Waals surface area contributed by atoms with Gasteiger partial charge in [0.25, 0.3) is 5.91 Å². The van der Waals surface area contributed by atoms with Crippen LogP contribution in [-0.4, -0.2) is 53.4 Å². The first-order valence-corrected chi connectivity index (χ1v) is 8.92. The van der Waals surface area contributed by atoms with Gasteiger partial charge in [-0.2, -0.15) is 0 Å². The number of thioether (sulfide) groups is 1. The Morgan fingerprint density at radius 3 is 3.04 bits per heavy atom. The maximum absolute atomic E-state index is 13.0. The van der Waals surface area contributed by atoms with Crippen LogP contribution < -0.4 is 15.4 Å². The van der Waals surface area contributed by atoms with Crippen molar-refractivity contribution in [3.63, 3.8) is 0 Å². The molecule has 0 aromatic heterocycles. The average molecular weight is 360 g/mol. The molecule has 9 heteroatoms. The summed E-state index contributed by atoms with van der Waals surface area (Å²) in [7, 11) is 0. The Morgan fingerprint density at radius 1 is 1.40 bits per heavy atom. The van der Waals surface area contributed by atoms with Crippen LogP contribution in [0.3, 0.4) is 0 Å². The van der Waals surface area contributed by atoms with Crippen molar-refractivity contribution in [1.82, 2.24) is 15.5 Å². The molecular weight excluding hydrogens is 344 g/mol. The molecule has 4 rings (SSSR count). The fourth-order valence-corrected chi connectivity index (χ4v) is 3.97. The van der Waals surface area contributed by atoms with E-state index in [-0.39, 0.29) is 6.54 Å². The maximum atomic E-state index is 13.0. The number of nitrogens with one attached hydrogen (secondary N) is 2. The fraction of sp³-hybridized carbons (Fsp3) is 0.375. The first-order chi connectivity index (χ1) is 12.1. The van der Waals surface area contributed by atoms with E-state index in [0.29, 0.717) is 36.1 Å². The van der Waals surface area contributed by atoms with Gasteiger partial charge in [-0.1, -0.05) is 30.0 Å². The molecule has 1 aromatic carbocycles. The van der Waals surface area contributed by atoms with Gasteiger partial charge in [-0.05, 0) is 6.07 Å². The third-order valence-electron chi connectivity index (χ3n) is 4.39. The van der Waals surface area contributed by atoms with Gasteiger partial charge in [0.1, 0.15) is 12.3 Å². The van der Waals surface area contributed by atoms with E-state index in [0.717, 1.165) is 10.7 Å². The number of fused-ring (bicyclic) bond motifs is 2. The van der Waals surface area contributed by atoms with Crippen molar-refractivity contribution in [3.05, 3.63) is 29.8 Å². The lowest BCUT2D eigenvalue weighted by atomic mass is 9.84. The number of benzene rings is 1. The highest BCUT2D eigenvalue weighted by Gasteiger charge is 2.55. The van der Waals surface area contributed by atoms with E-state index in [2.05, 4.69) is 15.6 Å². The molecule has 1 aromatic rings. The van der Waals surface area contributed by atoms with Crippen LogP contribution in [-0.2, 0) is 15.1 Å². The molecule has 2 N–H and O–H groups in total. The quantitative estimate of drug-likeness (QED) is 0.746. The summed E-state index contributed by atoms with van der Waals surface area (Å²) in [5, 5.41) is 5.93. The van der Waals surface area contributed by atoms with Crippen molar-refractivity contribution in [3.8, 4) is 5.75 Å². The zero-order chi connectivity index (χ0) is 17.4. The maximum Gasteiger partial charge on any atom is 0.325 e. The van der Waals surface area contributed by atoms with E-state index in [1.54, 1.807) is 18.2 Å². The monoisotopic (exact) mass is 360 g/mol. The summed E-state index contributed by atoms with van der Waals surface area (Å²) in [5.41, 5.74) is -0.538. The van der Waals surface area contributed by atoms with Gasteiger partial charge in [-0.15, -0.1) is 0 Å². The number of carbonyl (C=O) groups is 3. The number of nitrogens with zero attached hydrogens (tertiary/aromatic N) is 2. The first-order valence-electron chi connectivity index (χ1n) is 7.94. The van der Waals surface area contributed by atoms with Gasteiger partial charge >= 0.3 is 6.03 Å². The summed E-state index contributed by atoms with van der Waals surface area (Å²) in [6, 6.07) is 6.56. The summed E-state index contributed by atoms with van der Waals surface area (Å²) < 4.78 is 5.58. The summed E-state index contributed by atoms with van der Waals surface area (Å²) in [5.74, 6) is 0.530. The standard InChI is InChI=1S/C16H16N4O4S/c21-12(18-14-17-6-8-25-14)9-20-13(22)16(19-15(20)23)5-7-24-11-4-2-1-3-10(11)16/h1-4H,5-9H2,(H,19,23)(H,17,18,21)/t16-/m0/s1. The molecule has 0 radical (unpaired) electrons. The molecule has 3 aliphatic rings. The Kier molecular flexibility index (Phi) is 3.87. The fourth-order valence-electron chi connectivity index (χ4n) is 3.23. The van der Waals surface area contributed by atoms with E-state index in [9.17, 15) is 14.4 Å². The minimum Gasteiger partial charge on any atom is -0.493 e. The number of amidine groups is 1. The minimum atomic E-state index is -1.16. The van der Waals surface area contributed by atoms with Gasteiger partial charge in [0.05, 0.1) is 13.2 Å². The lowest BCUT2D eigenvalue weighted by Crippen LogP contribution is -2.48. The predicted molar refractivity (Wildman–Crippen MR) is 91.4 cm³/mol. The summed E-state index contributed by atoms with van der Waals surface area (Å²) in [4.78, 5) is 42.6. The lowest BCUT2D eigenvalue weighted by Gasteiger charge is -2.33. The average Bonchev–Trinajstić information content (AvgIpc) is 3.19. The smallest absolute Gasteiger partial charge is 0.325 e. The van der Waals surface area contributed by atoms with Gasteiger partial charge in [-0.25, -0.2) is 4.79 Å². The van der Waals surface area contributed by atoms with Crippen molar-refractivity contribution in [1.29, 1.82) is 0 Å². The summed E-state index contributed by atoms with van der Waals surface area (Å²) in [6.45, 7) is 0.634. The minimum absolute atomic E-state index is 0.316. The zero-order valence-electron chi connectivity index (χ0n) is 13.3. The van der Waals surface area contributed by atoms with Crippen LogP contribution >= 0.6 is 11.8 Å². The molecular formula is C16H16N4O4S. The number of carbonyl (C=O) groups excluding carboxylic acids is 3. The van der Waals surface area contributed by atoms with Crippen LogP contribution in [0.1, 0.15) is 12.0 Å². The molecule has 0 unspecified atom stereocenters. The molecule has 1 saturated heterocycles. The Labute approximate surface area is 148 Å². The number of amides is 4. The number of urea groups is 1. The van der Waals surface area contributed by atoms with Crippen LogP contribution in [0.2, 0.25) is 0 Å². The van der Waals surface area contributed by atoms with E-state index < -0.39 is 23.4 Å². The van der Waals surface area contributed by atoms with Gasteiger partial charge in [0, 0.05) is 17.7 Å². The first kappa shape index (κ1) is 15.9. The Balaban J connectivity index is 1.56. The number of aliphatic imine (C=N–C) groups is 1. The van der Waals surface area contributed by atoms with Crippen molar-refractivity contribution < 1.29 is 19.1 Å². The van der Waals surface area contributed by atoms with Crippen LogP contribution in [0.15, 0.2) is 29.3 Å². The molecule has 4 amide bonds. The van der Waals surface area contributed by atoms with Gasteiger partial charge in [0.15, 0.2) is 10.7 Å². The number of imide groups is 1. The van der Waals surface area contributed by atoms with Crippen LogP contribution in [0.5, 0.6) is 5.75 Å². The molecule has 0 saturated carbocycles. The topological polar surface area (TPSA) is 100 Å². The van der Waals surface area contributed by atoms with Crippen LogP contribution in [0.4, 0.5) is 4.79 Å². The second-order valence-corrected chi connectivity index (χ2v) is 6.99. The van der Waals surface area contributed by atoms with E-state index in [1.165, 1.54) is 11.8 Å². The van der Waals surface area contributed by atoms with E-state index in [4.69, 9.17) is 4.74 Å². The molecule has 0 aliphatic carbocycles.